The standard InChI is InChI=1S/C22H28O5/c1-22(2,3)16-8-10-17(11-9-16)27-20(23)12-7-15-13-18(24-4)21(26-6)19(14-15)25-5/h8-11,13-14H,7,12H2,1-6H3. The molecule has 0 spiro atoms. The fourth-order valence-corrected chi connectivity index (χ4v) is 2.73. The number of hydrogen-bond acceptors (Lipinski definition) is 5. The first-order valence-electron chi connectivity index (χ1n) is 8.88. The Morgan fingerprint density at radius 2 is 1.44 bits per heavy atom. The molecule has 146 valence electrons. The molecule has 0 aliphatic rings. The van der Waals surface area contributed by atoms with Crippen LogP contribution in [0.3, 0.4) is 0 Å². The van der Waals surface area contributed by atoms with Gasteiger partial charge in [0.2, 0.25) is 5.75 Å². The lowest BCUT2D eigenvalue weighted by molar-refractivity contribution is -0.134. The van der Waals surface area contributed by atoms with E-state index >= 15 is 0 Å². The average Bonchev–Trinajstić information content (AvgIpc) is 2.65. The number of hydrogen-bond donors (Lipinski definition) is 0. The van der Waals surface area contributed by atoms with Gasteiger partial charge in [-0.05, 0) is 47.2 Å². The molecule has 0 N–H and O–H groups in total. The van der Waals surface area contributed by atoms with Crippen LogP contribution in [0, 0.1) is 0 Å². The molecule has 0 amide bonds. The second-order valence-electron chi connectivity index (χ2n) is 7.28. The van der Waals surface area contributed by atoms with Crippen LogP contribution < -0.4 is 18.9 Å². The normalized spacial score (nSPS) is 11.0. The smallest absolute Gasteiger partial charge is 0.311 e. The summed E-state index contributed by atoms with van der Waals surface area (Å²) >= 11 is 0. The molecule has 2 rings (SSSR count). The first kappa shape index (κ1) is 20.6. The van der Waals surface area contributed by atoms with Crippen molar-refractivity contribution in [3.63, 3.8) is 0 Å². The first-order chi connectivity index (χ1) is 12.8. The summed E-state index contributed by atoms with van der Waals surface area (Å²) < 4.78 is 21.4. The van der Waals surface area contributed by atoms with Gasteiger partial charge in [0.1, 0.15) is 5.75 Å². The molecule has 0 atom stereocenters. The van der Waals surface area contributed by atoms with E-state index in [1.54, 1.807) is 21.3 Å². The predicted molar refractivity (Wildman–Crippen MR) is 105 cm³/mol. The van der Waals surface area contributed by atoms with Crippen LogP contribution in [0.15, 0.2) is 36.4 Å². The number of benzene rings is 2. The lowest BCUT2D eigenvalue weighted by atomic mass is 9.87. The minimum absolute atomic E-state index is 0.0645. The van der Waals surface area contributed by atoms with E-state index in [1.807, 2.05) is 36.4 Å². The van der Waals surface area contributed by atoms with Crippen molar-refractivity contribution in [2.24, 2.45) is 0 Å². The van der Waals surface area contributed by atoms with Crippen LogP contribution in [-0.2, 0) is 16.6 Å². The van der Waals surface area contributed by atoms with E-state index in [0.717, 1.165) is 5.56 Å². The molecule has 0 heterocycles. The molecule has 0 fully saturated rings. The molecule has 0 saturated carbocycles. The zero-order valence-electron chi connectivity index (χ0n) is 16.9. The Morgan fingerprint density at radius 1 is 0.889 bits per heavy atom. The minimum atomic E-state index is -0.285. The third-order valence-electron chi connectivity index (χ3n) is 4.29. The summed E-state index contributed by atoms with van der Waals surface area (Å²) in [4.78, 5) is 12.2. The van der Waals surface area contributed by atoms with Gasteiger partial charge in [0.15, 0.2) is 11.5 Å². The molecule has 5 nitrogen and oxygen atoms in total. The lowest BCUT2D eigenvalue weighted by Crippen LogP contribution is -2.12. The van der Waals surface area contributed by atoms with E-state index < -0.39 is 0 Å². The maximum absolute atomic E-state index is 12.2. The summed E-state index contributed by atoms with van der Waals surface area (Å²) in [7, 11) is 4.69. The van der Waals surface area contributed by atoms with Gasteiger partial charge in [0.25, 0.3) is 0 Å². The Morgan fingerprint density at radius 3 is 1.89 bits per heavy atom. The van der Waals surface area contributed by atoms with Gasteiger partial charge in [-0.3, -0.25) is 4.79 Å². The van der Waals surface area contributed by atoms with Gasteiger partial charge in [-0.25, -0.2) is 0 Å². The highest BCUT2D eigenvalue weighted by Crippen LogP contribution is 2.38. The van der Waals surface area contributed by atoms with Crippen LogP contribution in [0.5, 0.6) is 23.0 Å². The van der Waals surface area contributed by atoms with Gasteiger partial charge in [-0.2, -0.15) is 0 Å². The summed E-state index contributed by atoms with van der Waals surface area (Å²) in [6.07, 6.45) is 0.759. The first-order valence-corrected chi connectivity index (χ1v) is 8.88. The Balaban J connectivity index is 2.01. The third-order valence-corrected chi connectivity index (χ3v) is 4.29. The molecular formula is C22H28O5. The highest BCUT2D eigenvalue weighted by molar-refractivity contribution is 5.72. The largest absolute Gasteiger partial charge is 0.493 e. The average molecular weight is 372 g/mol. The highest BCUT2D eigenvalue weighted by Gasteiger charge is 2.15. The fourth-order valence-electron chi connectivity index (χ4n) is 2.73. The predicted octanol–water partition coefficient (Wildman–Crippen LogP) is 4.55. The van der Waals surface area contributed by atoms with Gasteiger partial charge in [-0.1, -0.05) is 32.9 Å². The monoisotopic (exact) mass is 372 g/mol. The van der Waals surface area contributed by atoms with Crippen molar-refractivity contribution in [1.29, 1.82) is 0 Å². The number of esters is 1. The second kappa shape index (κ2) is 8.80. The van der Waals surface area contributed by atoms with Crippen molar-refractivity contribution < 1.29 is 23.7 Å². The molecule has 0 aliphatic heterocycles. The van der Waals surface area contributed by atoms with Crippen LogP contribution in [0.4, 0.5) is 0 Å². The van der Waals surface area contributed by atoms with Crippen LogP contribution in [-0.4, -0.2) is 27.3 Å². The van der Waals surface area contributed by atoms with E-state index in [0.29, 0.717) is 29.4 Å². The van der Waals surface area contributed by atoms with Crippen molar-refractivity contribution in [3.05, 3.63) is 47.5 Å². The van der Waals surface area contributed by atoms with Crippen molar-refractivity contribution in [1.82, 2.24) is 0 Å². The van der Waals surface area contributed by atoms with Gasteiger partial charge >= 0.3 is 5.97 Å². The molecule has 0 unspecified atom stereocenters. The SMILES string of the molecule is COc1cc(CCC(=O)Oc2ccc(C(C)(C)C)cc2)cc(OC)c1OC. The number of aryl methyl sites for hydroxylation is 1. The van der Waals surface area contributed by atoms with Gasteiger partial charge < -0.3 is 18.9 Å². The fraction of sp³-hybridized carbons (Fsp3) is 0.409. The Hall–Kier alpha value is -2.69. The van der Waals surface area contributed by atoms with E-state index in [9.17, 15) is 4.79 Å². The maximum Gasteiger partial charge on any atom is 0.311 e. The van der Waals surface area contributed by atoms with Crippen LogP contribution in [0.2, 0.25) is 0 Å². The topological polar surface area (TPSA) is 54.0 Å². The summed E-state index contributed by atoms with van der Waals surface area (Å²) in [6.45, 7) is 6.43. The molecule has 0 aliphatic carbocycles. The zero-order chi connectivity index (χ0) is 20.0. The number of carbonyl (C=O) groups excluding carboxylic acids is 1. The second-order valence-corrected chi connectivity index (χ2v) is 7.28. The molecule has 0 saturated heterocycles. The molecular weight excluding hydrogens is 344 g/mol. The summed E-state index contributed by atoms with van der Waals surface area (Å²) in [5.41, 5.74) is 2.17. The van der Waals surface area contributed by atoms with Gasteiger partial charge in [0.05, 0.1) is 21.3 Å². The molecule has 0 bridgehead atoms. The molecule has 2 aromatic rings. The zero-order valence-corrected chi connectivity index (χ0v) is 16.9. The number of ether oxygens (including phenoxy) is 4. The maximum atomic E-state index is 12.2. The van der Waals surface area contributed by atoms with Crippen LogP contribution >= 0.6 is 0 Å². The van der Waals surface area contributed by atoms with Crippen LogP contribution in [0.25, 0.3) is 0 Å². The lowest BCUT2D eigenvalue weighted by Gasteiger charge is -2.19. The summed E-state index contributed by atoms with van der Waals surface area (Å²) in [5.74, 6) is 1.94. The van der Waals surface area contributed by atoms with Crippen molar-refractivity contribution in [2.75, 3.05) is 21.3 Å². The number of methoxy groups -OCH3 is 3. The Labute approximate surface area is 161 Å². The van der Waals surface area contributed by atoms with E-state index in [-0.39, 0.29) is 17.8 Å². The summed E-state index contributed by atoms with van der Waals surface area (Å²) in [5, 5.41) is 0. The molecule has 5 heteroatoms. The van der Waals surface area contributed by atoms with E-state index in [4.69, 9.17) is 18.9 Å². The number of rotatable bonds is 7. The molecule has 0 aromatic heterocycles. The molecule has 27 heavy (non-hydrogen) atoms. The summed E-state index contributed by atoms with van der Waals surface area (Å²) in [6, 6.07) is 11.3. The van der Waals surface area contributed by atoms with Gasteiger partial charge in [-0.15, -0.1) is 0 Å². The quantitative estimate of drug-likeness (QED) is 0.527. The van der Waals surface area contributed by atoms with E-state index in [2.05, 4.69) is 20.8 Å². The van der Waals surface area contributed by atoms with Crippen molar-refractivity contribution >= 4 is 5.97 Å². The molecule has 2 aromatic carbocycles. The van der Waals surface area contributed by atoms with Gasteiger partial charge in [0, 0.05) is 6.42 Å². The van der Waals surface area contributed by atoms with Crippen LogP contribution in [0.1, 0.15) is 38.3 Å². The van der Waals surface area contributed by atoms with Crippen molar-refractivity contribution in [3.8, 4) is 23.0 Å². The Kier molecular flexibility index (Phi) is 6.72. The number of carbonyl (C=O) groups is 1. The third kappa shape index (κ3) is 5.39. The minimum Gasteiger partial charge on any atom is -0.493 e. The Bertz CT molecular complexity index is 747. The highest BCUT2D eigenvalue weighted by atomic mass is 16.5. The van der Waals surface area contributed by atoms with Crippen molar-refractivity contribution in [2.45, 2.75) is 39.0 Å². The van der Waals surface area contributed by atoms with E-state index in [1.165, 1.54) is 5.56 Å². The molecule has 0 radical (unpaired) electrons.